The van der Waals surface area contributed by atoms with Gasteiger partial charge < -0.3 is 5.43 Å². The fourth-order valence-corrected chi connectivity index (χ4v) is 2.42. The van der Waals surface area contributed by atoms with E-state index in [9.17, 15) is 4.39 Å². The first-order chi connectivity index (χ1) is 8.70. The van der Waals surface area contributed by atoms with Gasteiger partial charge in [-0.3, -0.25) is 4.99 Å². The van der Waals surface area contributed by atoms with Crippen molar-refractivity contribution in [1.82, 2.24) is 5.43 Å². The van der Waals surface area contributed by atoms with E-state index in [4.69, 9.17) is 17.4 Å². The highest BCUT2D eigenvalue weighted by Crippen LogP contribution is 2.21. The Labute approximate surface area is 111 Å². The molecule has 0 saturated heterocycles. The Kier molecular flexibility index (Phi) is 4.55. The van der Waals surface area contributed by atoms with Gasteiger partial charge in [-0.05, 0) is 31.0 Å². The van der Waals surface area contributed by atoms with Crippen molar-refractivity contribution in [2.45, 2.75) is 38.1 Å². The highest BCUT2D eigenvalue weighted by Gasteiger charge is 2.15. The summed E-state index contributed by atoms with van der Waals surface area (Å²) in [7, 11) is 0. The second-order valence-corrected chi connectivity index (χ2v) is 4.97. The first-order valence-corrected chi connectivity index (χ1v) is 6.58. The normalized spacial score (nSPS) is 17.8. The van der Waals surface area contributed by atoms with Crippen molar-refractivity contribution in [2.75, 3.05) is 0 Å². The summed E-state index contributed by atoms with van der Waals surface area (Å²) < 4.78 is 13.8. The molecule has 0 spiro atoms. The number of hydrazine groups is 1. The molecule has 1 aromatic carbocycles. The van der Waals surface area contributed by atoms with Gasteiger partial charge in [0.2, 0.25) is 0 Å². The van der Waals surface area contributed by atoms with Gasteiger partial charge in [0.15, 0.2) is 0 Å². The molecule has 0 aliphatic heterocycles. The fourth-order valence-electron chi connectivity index (χ4n) is 2.26. The van der Waals surface area contributed by atoms with Crippen LogP contribution < -0.4 is 11.3 Å². The fraction of sp³-hybridized carbons (Fsp3) is 0.462. The van der Waals surface area contributed by atoms with Crippen LogP contribution in [0.25, 0.3) is 0 Å². The minimum atomic E-state index is -0.407. The standard InChI is InChI=1S/C13H17ClFN3/c14-9-6-7-11(12(15)8-9)13(18-16)17-10-4-2-1-3-5-10/h6-8,10H,1-5,16H2,(H,17,18). The van der Waals surface area contributed by atoms with Crippen LogP contribution in [-0.2, 0) is 0 Å². The molecule has 1 aliphatic carbocycles. The van der Waals surface area contributed by atoms with Gasteiger partial charge in [0.1, 0.15) is 11.7 Å². The van der Waals surface area contributed by atoms with Crippen LogP contribution in [0.1, 0.15) is 37.7 Å². The maximum absolute atomic E-state index is 13.8. The van der Waals surface area contributed by atoms with Gasteiger partial charge in [0.25, 0.3) is 0 Å². The van der Waals surface area contributed by atoms with Crippen LogP contribution in [0, 0.1) is 5.82 Å². The van der Waals surface area contributed by atoms with Crippen molar-refractivity contribution in [3.8, 4) is 0 Å². The Morgan fingerprint density at radius 3 is 2.67 bits per heavy atom. The Morgan fingerprint density at radius 2 is 2.06 bits per heavy atom. The minimum Gasteiger partial charge on any atom is -0.308 e. The second kappa shape index (κ2) is 6.16. The zero-order chi connectivity index (χ0) is 13.0. The molecule has 5 heteroatoms. The number of nitrogens with two attached hydrogens (primary N) is 1. The number of rotatable bonds is 2. The van der Waals surface area contributed by atoms with Crippen LogP contribution in [0.15, 0.2) is 23.2 Å². The second-order valence-electron chi connectivity index (χ2n) is 4.54. The van der Waals surface area contributed by atoms with Crippen LogP contribution in [0.5, 0.6) is 0 Å². The maximum atomic E-state index is 13.8. The number of nitrogens with zero attached hydrogens (tertiary/aromatic N) is 1. The quantitative estimate of drug-likeness (QED) is 0.375. The third kappa shape index (κ3) is 3.21. The lowest BCUT2D eigenvalue weighted by atomic mass is 9.96. The molecule has 1 aromatic rings. The third-order valence-electron chi connectivity index (χ3n) is 3.21. The molecule has 1 aliphatic rings. The molecule has 0 amide bonds. The van der Waals surface area contributed by atoms with Crippen molar-refractivity contribution in [3.05, 3.63) is 34.6 Å². The lowest BCUT2D eigenvalue weighted by Gasteiger charge is -2.19. The van der Waals surface area contributed by atoms with E-state index < -0.39 is 5.82 Å². The number of benzene rings is 1. The zero-order valence-corrected chi connectivity index (χ0v) is 10.9. The highest BCUT2D eigenvalue weighted by molar-refractivity contribution is 6.30. The number of hydrogen-bond acceptors (Lipinski definition) is 2. The van der Waals surface area contributed by atoms with E-state index in [0.29, 0.717) is 16.4 Å². The van der Waals surface area contributed by atoms with Crippen molar-refractivity contribution in [1.29, 1.82) is 0 Å². The Balaban J connectivity index is 2.23. The van der Waals surface area contributed by atoms with Crippen molar-refractivity contribution >= 4 is 17.4 Å². The Morgan fingerprint density at radius 1 is 1.33 bits per heavy atom. The first-order valence-electron chi connectivity index (χ1n) is 6.20. The number of halogens is 2. The lowest BCUT2D eigenvalue weighted by molar-refractivity contribution is 0.442. The van der Waals surface area contributed by atoms with Gasteiger partial charge in [-0.15, -0.1) is 0 Å². The number of aliphatic imine (C=N–C) groups is 1. The molecule has 0 radical (unpaired) electrons. The molecule has 0 aromatic heterocycles. The first kappa shape index (κ1) is 13.3. The molecule has 3 nitrogen and oxygen atoms in total. The number of nitrogens with one attached hydrogen (secondary N) is 1. The molecule has 0 atom stereocenters. The van der Waals surface area contributed by atoms with Crippen LogP contribution in [-0.4, -0.2) is 11.9 Å². The summed E-state index contributed by atoms with van der Waals surface area (Å²) in [6, 6.07) is 4.73. The van der Waals surface area contributed by atoms with E-state index in [2.05, 4.69) is 10.4 Å². The van der Waals surface area contributed by atoms with E-state index >= 15 is 0 Å². The lowest BCUT2D eigenvalue weighted by Crippen LogP contribution is -2.33. The summed E-state index contributed by atoms with van der Waals surface area (Å²) >= 11 is 5.73. The zero-order valence-electron chi connectivity index (χ0n) is 10.1. The predicted molar refractivity (Wildman–Crippen MR) is 72.1 cm³/mol. The third-order valence-corrected chi connectivity index (χ3v) is 3.44. The number of amidine groups is 1. The van der Waals surface area contributed by atoms with Gasteiger partial charge in [-0.25, -0.2) is 10.2 Å². The Bertz CT molecular complexity index is 442. The van der Waals surface area contributed by atoms with Gasteiger partial charge >= 0.3 is 0 Å². The smallest absolute Gasteiger partial charge is 0.145 e. The van der Waals surface area contributed by atoms with E-state index in [1.54, 1.807) is 12.1 Å². The molecule has 2 rings (SSSR count). The monoisotopic (exact) mass is 269 g/mol. The summed E-state index contributed by atoms with van der Waals surface area (Å²) in [6.07, 6.45) is 5.69. The Hall–Kier alpha value is -1.13. The maximum Gasteiger partial charge on any atom is 0.145 e. The number of hydrogen-bond donors (Lipinski definition) is 2. The van der Waals surface area contributed by atoms with Crippen molar-refractivity contribution < 1.29 is 4.39 Å². The average molecular weight is 270 g/mol. The van der Waals surface area contributed by atoms with E-state index in [-0.39, 0.29) is 6.04 Å². The molecular weight excluding hydrogens is 253 g/mol. The molecule has 1 saturated carbocycles. The minimum absolute atomic E-state index is 0.236. The van der Waals surface area contributed by atoms with Crippen LogP contribution in [0.4, 0.5) is 4.39 Å². The summed E-state index contributed by atoms with van der Waals surface area (Å²) in [4.78, 5) is 4.51. The van der Waals surface area contributed by atoms with Gasteiger partial charge in [-0.2, -0.15) is 0 Å². The summed E-state index contributed by atoms with van der Waals surface area (Å²) in [5.74, 6) is 5.44. The summed E-state index contributed by atoms with van der Waals surface area (Å²) in [5.41, 5.74) is 2.86. The van der Waals surface area contributed by atoms with Gasteiger partial charge in [0, 0.05) is 5.02 Å². The molecule has 1 fully saturated rings. The SMILES string of the molecule is NNC(=NC1CCCCC1)c1ccc(Cl)cc1F. The van der Waals surface area contributed by atoms with Crippen molar-refractivity contribution in [2.24, 2.45) is 10.8 Å². The van der Waals surface area contributed by atoms with Crippen LogP contribution in [0.3, 0.4) is 0 Å². The molecular formula is C13H17ClFN3. The van der Waals surface area contributed by atoms with Crippen LogP contribution in [0.2, 0.25) is 5.02 Å². The predicted octanol–water partition coefficient (Wildman–Crippen LogP) is 3.02. The summed E-state index contributed by atoms with van der Waals surface area (Å²) in [5, 5.41) is 0.366. The van der Waals surface area contributed by atoms with E-state index in [1.165, 1.54) is 25.3 Å². The topological polar surface area (TPSA) is 50.4 Å². The van der Waals surface area contributed by atoms with Crippen LogP contribution >= 0.6 is 11.6 Å². The molecule has 0 bridgehead atoms. The van der Waals surface area contributed by atoms with E-state index in [1.807, 2.05) is 0 Å². The summed E-state index contributed by atoms with van der Waals surface area (Å²) in [6.45, 7) is 0. The molecule has 3 N–H and O–H groups in total. The largest absolute Gasteiger partial charge is 0.308 e. The molecule has 98 valence electrons. The molecule has 0 unspecified atom stereocenters. The van der Waals surface area contributed by atoms with Crippen molar-refractivity contribution in [3.63, 3.8) is 0 Å². The molecule has 18 heavy (non-hydrogen) atoms. The molecule has 0 heterocycles. The highest BCUT2D eigenvalue weighted by atomic mass is 35.5. The average Bonchev–Trinajstić information content (AvgIpc) is 2.38. The van der Waals surface area contributed by atoms with E-state index in [0.717, 1.165) is 12.8 Å². The van der Waals surface area contributed by atoms with Gasteiger partial charge in [-0.1, -0.05) is 30.9 Å². The van der Waals surface area contributed by atoms with Gasteiger partial charge in [0.05, 0.1) is 11.6 Å².